The molecule has 2 rings (SSSR count). The van der Waals surface area contributed by atoms with Crippen molar-refractivity contribution in [1.82, 2.24) is 5.32 Å². The van der Waals surface area contributed by atoms with Crippen molar-refractivity contribution in [1.29, 1.82) is 0 Å². The van der Waals surface area contributed by atoms with Gasteiger partial charge in [0.1, 0.15) is 5.76 Å². The van der Waals surface area contributed by atoms with E-state index in [1.165, 1.54) is 0 Å². The number of furan rings is 1. The van der Waals surface area contributed by atoms with Gasteiger partial charge in [-0.3, -0.25) is 4.79 Å². The fourth-order valence-corrected chi connectivity index (χ4v) is 2.24. The van der Waals surface area contributed by atoms with Crippen LogP contribution in [0.5, 0.6) is 0 Å². The van der Waals surface area contributed by atoms with E-state index in [4.69, 9.17) is 10.2 Å². The average molecular weight is 250 g/mol. The van der Waals surface area contributed by atoms with E-state index in [9.17, 15) is 4.79 Å². The predicted octanol–water partition coefficient (Wildman–Crippen LogP) is 2.29. The molecule has 5 heteroatoms. The van der Waals surface area contributed by atoms with E-state index in [1.54, 1.807) is 23.5 Å². The Bertz CT molecular complexity index is 490. The molecule has 2 aromatic rings. The van der Waals surface area contributed by atoms with Gasteiger partial charge in [0.25, 0.3) is 5.91 Å². The summed E-state index contributed by atoms with van der Waals surface area (Å²) in [6, 6.07) is 5.31. The number of hydrogen-bond donors (Lipinski definition) is 2. The summed E-state index contributed by atoms with van der Waals surface area (Å²) in [7, 11) is 0. The summed E-state index contributed by atoms with van der Waals surface area (Å²) in [4.78, 5) is 11.8. The Morgan fingerprint density at radius 3 is 2.94 bits per heavy atom. The summed E-state index contributed by atoms with van der Waals surface area (Å²) in [6.45, 7) is 2.24. The lowest BCUT2D eigenvalue weighted by molar-refractivity contribution is 0.0910. The largest absolute Gasteiger partial charge is 0.455 e. The van der Waals surface area contributed by atoms with E-state index < -0.39 is 0 Å². The van der Waals surface area contributed by atoms with Crippen molar-refractivity contribution in [2.45, 2.75) is 19.5 Å². The molecule has 0 saturated carbocycles. The van der Waals surface area contributed by atoms with Crippen LogP contribution in [0.1, 0.15) is 34.8 Å². The Balaban J connectivity index is 2.01. The van der Waals surface area contributed by atoms with E-state index in [1.807, 2.05) is 23.8 Å². The molecule has 0 bridgehead atoms. The van der Waals surface area contributed by atoms with Gasteiger partial charge in [-0.05, 0) is 41.4 Å². The molecule has 3 N–H and O–H groups in total. The third kappa shape index (κ3) is 2.75. The van der Waals surface area contributed by atoms with Crippen LogP contribution in [0, 0.1) is 0 Å². The van der Waals surface area contributed by atoms with Gasteiger partial charge < -0.3 is 15.5 Å². The second-order valence-corrected chi connectivity index (χ2v) is 4.50. The van der Waals surface area contributed by atoms with Gasteiger partial charge in [-0.2, -0.15) is 11.3 Å². The van der Waals surface area contributed by atoms with Gasteiger partial charge >= 0.3 is 0 Å². The third-order valence-corrected chi connectivity index (χ3v) is 3.18. The van der Waals surface area contributed by atoms with Crippen LogP contribution in [0.3, 0.4) is 0 Å². The molecule has 0 radical (unpaired) electrons. The van der Waals surface area contributed by atoms with Gasteiger partial charge in [0.2, 0.25) is 0 Å². The standard InChI is InChI=1S/C12H14N2O2S/c1-8(9-4-5-17-7-9)14-12(15)11-3-2-10(6-13)16-11/h2-5,7-8H,6,13H2,1H3,(H,14,15). The molecule has 1 unspecified atom stereocenters. The molecular formula is C12H14N2O2S. The lowest BCUT2D eigenvalue weighted by atomic mass is 10.2. The predicted molar refractivity (Wildman–Crippen MR) is 66.8 cm³/mol. The van der Waals surface area contributed by atoms with Crippen LogP contribution in [0.4, 0.5) is 0 Å². The molecule has 0 aromatic carbocycles. The van der Waals surface area contributed by atoms with Crippen molar-refractivity contribution in [3.8, 4) is 0 Å². The molecular weight excluding hydrogens is 236 g/mol. The normalized spacial score (nSPS) is 12.4. The van der Waals surface area contributed by atoms with Crippen molar-refractivity contribution in [3.05, 3.63) is 46.0 Å². The Morgan fingerprint density at radius 2 is 2.35 bits per heavy atom. The monoisotopic (exact) mass is 250 g/mol. The van der Waals surface area contributed by atoms with Crippen molar-refractivity contribution >= 4 is 17.2 Å². The Morgan fingerprint density at radius 1 is 1.53 bits per heavy atom. The molecule has 17 heavy (non-hydrogen) atoms. The highest BCUT2D eigenvalue weighted by Crippen LogP contribution is 2.16. The summed E-state index contributed by atoms with van der Waals surface area (Å²) in [5, 5.41) is 6.86. The number of nitrogens with one attached hydrogen (secondary N) is 1. The molecule has 0 spiro atoms. The quantitative estimate of drug-likeness (QED) is 0.874. The zero-order valence-corrected chi connectivity index (χ0v) is 10.3. The van der Waals surface area contributed by atoms with E-state index in [-0.39, 0.29) is 11.9 Å². The summed E-state index contributed by atoms with van der Waals surface area (Å²) in [5.74, 6) is 0.689. The molecule has 0 saturated heterocycles. The van der Waals surface area contributed by atoms with E-state index in [0.717, 1.165) is 5.56 Å². The number of carbonyl (C=O) groups excluding carboxylic acids is 1. The van der Waals surface area contributed by atoms with Gasteiger partial charge in [0.15, 0.2) is 5.76 Å². The van der Waals surface area contributed by atoms with Gasteiger partial charge in [-0.25, -0.2) is 0 Å². The van der Waals surface area contributed by atoms with Crippen molar-refractivity contribution in [2.24, 2.45) is 5.73 Å². The highest BCUT2D eigenvalue weighted by atomic mass is 32.1. The topological polar surface area (TPSA) is 68.3 Å². The molecule has 0 fully saturated rings. The maximum Gasteiger partial charge on any atom is 0.287 e. The van der Waals surface area contributed by atoms with Crippen LogP contribution < -0.4 is 11.1 Å². The fraction of sp³-hybridized carbons (Fsp3) is 0.250. The smallest absolute Gasteiger partial charge is 0.287 e. The molecule has 0 aliphatic heterocycles. The first-order valence-corrected chi connectivity index (χ1v) is 6.26. The number of carbonyl (C=O) groups is 1. The summed E-state index contributed by atoms with van der Waals surface area (Å²) in [6.07, 6.45) is 0. The van der Waals surface area contributed by atoms with Gasteiger partial charge in [0.05, 0.1) is 12.6 Å². The van der Waals surface area contributed by atoms with Crippen LogP contribution >= 0.6 is 11.3 Å². The van der Waals surface area contributed by atoms with Crippen LogP contribution in [-0.4, -0.2) is 5.91 Å². The van der Waals surface area contributed by atoms with Crippen LogP contribution in [0.15, 0.2) is 33.4 Å². The number of hydrogen-bond acceptors (Lipinski definition) is 4. The second-order valence-electron chi connectivity index (χ2n) is 3.72. The summed E-state index contributed by atoms with van der Waals surface area (Å²) >= 11 is 1.61. The molecule has 90 valence electrons. The van der Waals surface area contributed by atoms with Crippen LogP contribution in [0.2, 0.25) is 0 Å². The maximum absolute atomic E-state index is 11.8. The highest BCUT2D eigenvalue weighted by Gasteiger charge is 2.14. The fourth-order valence-electron chi connectivity index (χ4n) is 1.48. The van der Waals surface area contributed by atoms with Crippen molar-refractivity contribution in [3.63, 3.8) is 0 Å². The molecule has 1 atom stereocenters. The first-order valence-electron chi connectivity index (χ1n) is 5.32. The number of thiophene rings is 1. The number of rotatable bonds is 4. The minimum atomic E-state index is -0.219. The lowest BCUT2D eigenvalue weighted by Gasteiger charge is -2.10. The minimum Gasteiger partial charge on any atom is -0.455 e. The minimum absolute atomic E-state index is 0.0276. The molecule has 1 amide bonds. The highest BCUT2D eigenvalue weighted by molar-refractivity contribution is 7.07. The molecule has 0 aliphatic carbocycles. The lowest BCUT2D eigenvalue weighted by Crippen LogP contribution is -2.25. The van der Waals surface area contributed by atoms with Gasteiger partial charge in [-0.15, -0.1) is 0 Å². The zero-order valence-electron chi connectivity index (χ0n) is 9.47. The van der Waals surface area contributed by atoms with Crippen LogP contribution in [-0.2, 0) is 6.54 Å². The average Bonchev–Trinajstić information content (AvgIpc) is 3.00. The summed E-state index contributed by atoms with van der Waals surface area (Å²) < 4.78 is 5.28. The summed E-state index contributed by atoms with van der Waals surface area (Å²) in [5.41, 5.74) is 6.51. The Labute approximate surface area is 103 Å². The number of nitrogens with two attached hydrogens (primary N) is 1. The second kappa shape index (κ2) is 5.16. The first kappa shape index (κ1) is 11.9. The Hall–Kier alpha value is -1.59. The Kier molecular flexibility index (Phi) is 3.61. The molecule has 2 aromatic heterocycles. The van der Waals surface area contributed by atoms with E-state index in [2.05, 4.69) is 5.32 Å². The van der Waals surface area contributed by atoms with Gasteiger partial charge in [0, 0.05) is 0 Å². The zero-order chi connectivity index (χ0) is 12.3. The first-order chi connectivity index (χ1) is 8.20. The maximum atomic E-state index is 11.8. The molecule has 4 nitrogen and oxygen atoms in total. The van der Waals surface area contributed by atoms with Crippen LogP contribution in [0.25, 0.3) is 0 Å². The van der Waals surface area contributed by atoms with Crippen molar-refractivity contribution in [2.75, 3.05) is 0 Å². The third-order valence-electron chi connectivity index (χ3n) is 2.48. The van der Waals surface area contributed by atoms with Gasteiger partial charge in [-0.1, -0.05) is 0 Å². The van der Waals surface area contributed by atoms with Crippen molar-refractivity contribution < 1.29 is 9.21 Å². The molecule has 0 aliphatic rings. The SMILES string of the molecule is CC(NC(=O)c1ccc(CN)o1)c1ccsc1. The van der Waals surface area contributed by atoms with E-state index >= 15 is 0 Å². The molecule has 2 heterocycles. The van der Waals surface area contributed by atoms with E-state index in [0.29, 0.717) is 18.1 Å². The number of amides is 1.